The summed E-state index contributed by atoms with van der Waals surface area (Å²) in [5.41, 5.74) is 1.55. The van der Waals surface area contributed by atoms with Gasteiger partial charge >= 0.3 is 0 Å². The van der Waals surface area contributed by atoms with Gasteiger partial charge < -0.3 is 4.74 Å². The van der Waals surface area contributed by atoms with Crippen LogP contribution in [0.3, 0.4) is 0 Å². The molecule has 33 heavy (non-hydrogen) atoms. The number of rotatable bonds is 9. The minimum Gasteiger partial charge on any atom is -0.469 e. The number of aryl methyl sites for hydroxylation is 2. The Kier molecular flexibility index (Phi) is 7.39. The molecule has 1 heterocycles. The van der Waals surface area contributed by atoms with Crippen molar-refractivity contribution in [2.24, 2.45) is 0 Å². The topological polar surface area (TPSA) is 95.3 Å². The van der Waals surface area contributed by atoms with Crippen LogP contribution in [0.4, 0.5) is 0 Å². The summed E-state index contributed by atoms with van der Waals surface area (Å²) in [4.78, 5) is 26.0. The number of ketones is 2. The Labute approximate surface area is 198 Å². The van der Waals surface area contributed by atoms with Crippen molar-refractivity contribution in [3.63, 3.8) is 0 Å². The lowest BCUT2D eigenvalue weighted by Crippen LogP contribution is -2.16. The van der Waals surface area contributed by atoms with Crippen LogP contribution in [0.25, 0.3) is 0 Å². The van der Waals surface area contributed by atoms with Crippen molar-refractivity contribution in [2.75, 3.05) is 12.4 Å². The van der Waals surface area contributed by atoms with E-state index in [1.54, 1.807) is 45.0 Å². The van der Waals surface area contributed by atoms with Crippen LogP contribution in [0.1, 0.15) is 51.3 Å². The van der Waals surface area contributed by atoms with E-state index < -0.39 is 15.6 Å². The van der Waals surface area contributed by atoms with E-state index in [-0.39, 0.29) is 45.1 Å². The third-order valence-electron chi connectivity index (χ3n) is 5.33. The van der Waals surface area contributed by atoms with Gasteiger partial charge in [0, 0.05) is 17.7 Å². The fourth-order valence-electron chi connectivity index (χ4n) is 3.62. The van der Waals surface area contributed by atoms with Crippen molar-refractivity contribution >= 4 is 33.0 Å². The third-order valence-corrected chi connectivity index (χ3v) is 7.83. The molecule has 9 heteroatoms. The number of hydrogen-bond acceptors (Lipinski definition) is 6. The quantitative estimate of drug-likeness (QED) is 0.413. The maximum atomic E-state index is 13.4. The van der Waals surface area contributed by atoms with Crippen molar-refractivity contribution in [2.45, 2.75) is 39.1 Å². The molecule has 0 aliphatic rings. The zero-order chi connectivity index (χ0) is 24.3. The number of Topliss-reactive ketones (excluding diaryl/α,β-unsaturated/α-hetero) is 1. The Balaban J connectivity index is 1.99. The van der Waals surface area contributed by atoms with Crippen LogP contribution in [-0.4, -0.2) is 42.1 Å². The standard InChI is InChI=1S/C24H25ClN2O5S/c1-5-27-24(32-14-20(28)17-10-8-7-9-11-17)19(13-26-27)22(29)18-12-15(3)23(16(4)21(18)25)33(30,31)6-2/h7-13H,5-6,14H2,1-4H3. The average molecular weight is 489 g/mol. The predicted molar refractivity (Wildman–Crippen MR) is 126 cm³/mol. The maximum absolute atomic E-state index is 13.4. The summed E-state index contributed by atoms with van der Waals surface area (Å²) >= 11 is 6.47. The molecule has 0 unspecified atom stereocenters. The minimum absolute atomic E-state index is 0.0631. The molecule has 0 bridgehead atoms. The number of carbonyl (C=O) groups excluding carboxylic acids is 2. The molecular weight excluding hydrogens is 464 g/mol. The Morgan fingerprint density at radius 3 is 2.36 bits per heavy atom. The average Bonchev–Trinajstić information content (AvgIpc) is 3.22. The molecule has 0 N–H and O–H groups in total. The fraction of sp³-hybridized carbons (Fsp3) is 0.292. The number of nitrogens with zero attached hydrogens (tertiary/aromatic N) is 2. The summed E-state index contributed by atoms with van der Waals surface area (Å²) in [6.45, 7) is 6.75. The van der Waals surface area contributed by atoms with Gasteiger partial charge in [0.1, 0.15) is 5.56 Å². The predicted octanol–water partition coefficient (Wildman–Crippen LogP) is 4.46. The van der Waals surface area contributed by atoms with Gasteiger partial charge in [-0.15, -0.1) is 0 Å². The first-order valence-electron chi connectivity index (χ1n) is 10.5. The Hall–Kier alpha value is -2.97. The molecule has 0 saturated heterocycles. The third kappa shape index (κ3) is 4.86. The molecule has 0 atom stereocenters. The monoisotopic (exact) mass is 488 g/mol. The SMILES string of the molecule is CCn1ncc(C(=O)c2cc(C)c(S(=O)(=O)CC)c(C)c2Cl)c1OCC(=O)c1ccccc1. The van der Waals surface area contributed by atoms with E-state index >= 15 is 0 Å². The van der Waals surface area contributed by atoms with E-state index in [4.69, 9.17) is 16.3 Å². The fourth-order valence-corrected chi connectivity index (χ4v) is 5.32. The van der Waals surface area contributed by atoms with Crippen molar-refractivity contribution in [1.82, 2.24) is 9.78 Å². The molecule has 2 aromatic carbocycles. The normalized spacial score (nSPS) is 11.4. The maximum Gasteiger partial charge on any atom is 0.223 e. The number of carbonyl (C=O) groups is 2. The molecule has 1 aromatic heterocycles. The van der Waals surface area contributed by atoms with Crippen molar-refractivity contribution < 1.29 is 22.7 Å². The molecule has 3 aromatic rings. The summed E-state index contributed by atoms with van der Waals surface area (Å²) in [5.74, 6) is -0.622. The Morgan fingerprint density at radius 2 is 1.76 bits per heavy atom. The molecule has 0 aliphatic carbocycles. The van der Waals surface area contributed by atoms with E-state index in [2.05, 4.69) is 5.10 Å². The number of hydrogen-bond donors (Lipinski definition) is 0. The summed E-state index contributed by atoms with van der Waals surface area (Å²) < 4.78 is 32.2. The molecule has 7 nitrogen and oxygen atoms in total. The van der Waals surface area contributed by atoms with E-state index in [9.17, 15) is 18.0 Å². The number of sulfone groups is 1. The van der Waals surface area contributed by atoms with E-state index in [1.165, 1.54) is 16.9 Å². The first kappa shape index (κ1) is 24.7. The van der Waals surface area contributed by atoms with Crippen molar-refractivity contribution in [3.8, 4) is 5.88 Å². The van der Waals surface area contributed by atoms with Crippen LogP contribution >= 0.6 is 11.6 Å². The lowest BCUT2D eigenvalue weighted by Gasteiger charge is -2.15. The molecular formula is C24H25ClN2O5S. The van der Waals surface area contributed by atoms with Gasteiger partial charge in [-0.2, -0.15) is 5.10 Å². The molecule has 0 fully saturated rings. The van der Waals surface area contributed by atoms with Crippen LogP contribution in [0.2, 0.25) is 5.02 Å². The van der Waals surface area contributed by atoms with Crippen molar-refractivity contribution in [1.29, 1.82) is 0 Å². The second-order valence-electron chi connectivity index (χ2n) is 7.50. The molecule has 3 rings (SSSR count). The van der Waals surface area contributed by atoms with Gasteiger partial charge in [0.2, 0.25) is 11.7 Å². The number of halogens is 1. The lowest BCUT2D eigenvalue weighted by atomic mass is 10.0. The van der Waals surface area contributed by atoms with E-state index in [0.717, 1.165) is 0 Å². The smallest absolute Gasteiger partial charge is 0.223 e. The van der Waals surface area contributed by atoms with Gasteiger partial charge in [0.15, 0.2) is 22.2 Å². The summed E-state index contributed by atoms with van der Waals surface area (Å²) in [5, 5.41) is 4.26. The first-order chi connectivity index (χ1) is 15.6. The number of benzene rings is 2. The van der Waals surface area contributed by atoms with Crippen LogP contribution in [-0.2, 0) is 16.4 Å². The summed E-state index contributed by atoms with van der Waals surface area (Å²) in [6, 6.07) is 10.2. The molecule has 0 spiro atoms. The highest BCUT2D eigenvalue weighted by Gasteiger charge is 2.27. The molecule has 174 valence electrons. The van der Waals surface area contributed by atoms with Gasteiger partial charge in [-0.25, -0.2) is 13.1 Å². The van der Waals surface area contributed by atoms with Gasteiger partial charge in [-0.05, 0) is 38.0 Å². The second-order valence-corrected chi connectivity index (χ2v) is 10.1. The second kappa shape index (κ2) is 9.89. The zero-order valence-corrected chi connectivity index (χ0v) is 20.5. The van der Waals surface area contributed by atoms with Gasteiger partial charge in [-0.3, -0.25) is 9.59 Å². The molecule has 0 radical (unpaired) electrons. The minimum atomic E-state index is -3.52. The Bertz CT molecular complexity index is 1310. The van der Waals surface area contributed by atoms with Crippen LogP contribution in [0.15, 0.2) is 47.5 Å². The number of ether oxygens (including phenoxy) is 1. The van der Waals surface area contributed by atoms with Gasteiger partial charge in [-0.1, -0.05) is 48.9 Å². The largest absolute Gasteiger partial charge is 0.469 e. The summed E-state index contributed by atoms with van der Waals surface area (Å²) in [7, 11) is -3.52. The zero-order valence-electron chi connectivity index (χ0n) is 18.9. The highest BCUT2D eigenvalue weighted by molar-refractivity contribution is 7.91. The van der Waals surface area contributed by atoms with Crippen LogP contribution < -0.4 is 4.74 Å². The molecule has 0 aliphatic heterocycles. The van der Waals surface area contributed by atoms with E-state index in [1.807, 2.05) is 13.0 Å². The molecule has 0 saturated carbocycles. The van der Waals surface area contributed by atoms with Crippen LogP contribution in [0.5, 0.6) is 5.88 Å². The van der Waals surface area contributed by atoms with Crippen LogP contribution in [0, 0.1) is 13.8 Å². The van der Waals surface area contributed by atoms with Crippen molar-refractivity contribution in [3.05, 3.63) is 75.4 Å². The highest BCUT2D eigenvalue weighted by Crippen LogP contribution is 2.33. The summed E-state index contributed by atoms with van der Waals surface area (Å²) in [6.07, 6.45) is 1.37. The first-order valence-corrected chi connectivity index (χ1v) is 12.5. The lowest BCUT2D eigenvalue weighted by molar-refractivity contribution is 0.0907. The van der Waals surface area contributed by atoms with Gasteiger partial charge in [0.25, 0.3) is 0 Å². The van der Waals surface area contributed by atoms with E-state index in [0.29, 0.717) is 23.2 Å². The van der Waals surface area contributed by atoms with Gasteiger partial charge in [0.05, 0.1) is 21.9 Å². The highest BCUT2D eigenvalue weighted by atomic mass is 35.5. The molecule has 0 amide bonds. The Morgan fingerprint density at radius 1 is 1.09 bits per heavy atom. The number of aromatic nitrogens is 2.